The van der Waals surface area contributed by atoms with Gasteiger partial charge in [-0.25, -0.2) is 9.98 Å². The number of amidine groups is 4. The second kappa shape index (κ2) is 32.2. The summed E-state index contributed by atoms with van der Waals surface area (Å²) >= 11 is 11.5. The molecule has 0 saturated heterocycles. The third-order valence-corrected chi connectivity index (χ3v) is 14.3. The van der Waals surface area contributed by atoms with E-state index in [0.29, 0.717) is 81.8 Å². The van der Waals surface area contributed by atoms with Gasteiger partial charge in [-0.1, -0.05) is 156 Å². The van der Waals surface area contributed by atoms with Gasteiger partial charge in [0.25, 0.3) is 0 Å². The van der Waals surface area contributed by atoms with Gasteiger partial charge in [-0.3, -0.25) is 20.6 Å². The van der Waals surface area contributed by atoms with Gasteiger partial charge in [0, 0.05) is 47.7 Å². The van der Waals surface area contributed by atoms with Gasteiger partial charge in [-0.05, 0) is 76.1 Å². The summed E-state index contributed by atoms with van der Waals surface area (Å²) in [4.78, 5) is 13.4. The van der Waals surface area contributed by atoms with Crippen LogP contribution < -0.4 is 27.8 Å². The Labute approximate surface area is 456 Å². The van der Waals surface area contributed by atoms with Crippen LogP contribution in [-0.4, -0.2) is 70.2 Å². The molecule has 0 atom stereocenters. The van der Waals surface area contributed by atoms with Crippen molar-refractivity contribution in [2.24, 2.45) is 27.2 Å². The second-order valence-electron chi connectivity index (χ2n) is 15.8. The number of alkyl halides is 6. The number of thioether (sulfide) groups is 4. The molecule has 2 heterocycles. The first-order valence-corrected chi connectivity index (χ1v) is 26.4. The van der Waals surface area contributed by atoms with Crippen molar-refractivity contribution in [3.63, 3.8) is 0 Å². The van der Waals surface area contributed by atoms with Gasteiger partial charge in [0.05, 0.1) is 37.8 Å². The number of nitrogens with zero attached hydrogens (tertiary/aromatic N) is 4. The number of hydrogen-bond acceptors (Lipinski definition) is 13. The Morgan fingerprint density at radius 1 is 0.562 bits per heavy atom. The molecule has 0 aromatic heterocycles. The average Bonchev–Trinajstić information content (AvgIpc) is 3.36. The number of nitrogens with one attached hydrogen (secondary N) is 4. The molecular formula is C49H58Cl3F6N11S4. The van der Waals surface area contributed by atoms with Crippen LogP contribution in [0.15, 0.2) is 131 Å². The molecule has 73 heavy (non-hydrogen) atoms. The lowest BCUT2D eigenvalue weighted by Gasteiger charge is -2.27. The highest BCUT2D eigenvalue weighted by atomic mass is 35.5. The van der Waals surface area contributed by atoms with Crippen molar-refractivity contribution in [2.75, 3.05) is 39.8 Å². The van der Waals surface area contributed by atoms with Gasteiger partial charge < -0.3 is 27.8 Å². The summed E-state index contributed by atoms with van der Waals surface area (Å²) in [7, 11) is 0. The lowest BCUT2D eigenvalue weighted by atomic mass is 10.1. The molecule has 0 fully saturated rings. The summed E-state index contributed by atoms with van der Waals surface area (Å²) in [5.74, 6) is 2.83. The fraction of sp³-hybridized carbons (Fsp3) is 0.306. The van der Waals surface area contributed by atoms with Gasteiger partial charge in [0.15, 0.2) is 20.7 Å². The minimum atomic E-state index is -4.34. The molecule has 0 bridgehead atoms. The molecule has 24 heteroatoms. The average molecular weight is 1150 g/mol. The molecule has 11 nitrogen and oxygen atoms in total. The predicted molar refractivity (Wildman–Crippen MR) is 300 cm³/mol. The molecule has 396 valence electrons. The van der Waals surface area contributed by atoms with Crippen LogP contribution in [-0.2, 0) is 54.8 Å². The van der Waals surface area contributed by atoms with Crippen LogP contribution in [0.5, 0.6) is 0 Å². The zero-order chi connectivity index (χ0) is 51.2. The molecule has 0 radical (unpaired) electrons. The number of halogens is 9. The Balaban J connectivity index is 0.000000426. The molecule has 2 aliphatic rings. The van der Waals surface area contributed by atoms with Gasteiger partial charge in [-0.15, -0.1) is 24.8 Å². The summed E-state index contributed by atoms with van der Waals surface area (Å²) in [5, 5.41) is 23.6. The van der Waals surface area contributed by atoms with E-state index < -0.39 is 23.5 Å². The highest BCUT2D eigenvalue weighted by Crippen LogP contribution is 2.31. The second-order valence-corrected chi connectivity index (χ2v) is 20.2. The van der Waals surface area contributed by atoms with E-state index in [0.717, 1.165) is 55.7 Å². The van der Waals surface area contributed by atoms with E-state index in [2.05, 4.69) is 42.6 Å². The first-order valence-electron chi connectivity index (χ1n) is 22.1. The third-order valence-electron chi connectivity index (χ3n) is 10.6. The molecular weight excluding hydrogens is 1090 g/mol. The van der Waals surface area contributed by atoms with Gasteiger partial charge in [-0.2, -0.15) is 26.3 Å². The molecule has 10 N–H and O–H groups in total. The predicted octanol–water partition coefficient (Wildman–Crippen LogP) is 11.6. The van der Waals surface area contributed by atoms with Crippen molar-refractivity contribution in [3.05, 3.63) is 176 Å². The van der Waals surface area contributed by atoms with E-state index in [4.69, 9.17) is 39.6 Å². The van der Waals surface area contributed by atoms with Crippen LogP contribution in [0.3, 0.4) is 0 Å². The Hall–Kier alpha value is -4.29. The molecule has 2 aliphatic heterocycles. The smallest absolute Gasteiger partial charge is 0.379 e. The highest BCUT2D eigenvalue weighted by Gasteiger charge is 2.31. The number of hydrogen-bond donors (Lipinski definition) is 7. The largest absolute Gasteiger partial charge is 0.416 e. The van der Waals surface area contributed by atoms with Gasteiger partial charge in [0.2, 0.25) is 0 Å². The normalized spacial score (nSPS) is 13.7. The minimum Gasteiger partial charge on any atom is -0.379 e. The lowest BCUT2D eigenvalue weighted by Crippen LogP contribution is -2.42. The Morgan fingerprint density at radius 3 is 1.27 bits per heavy atom. The summed E-state index contributed by atoms with van der Waals surface area (Å²) in [5.41, 5.74) is 21.8. The molecule has 0 unspecified atom stereocenters. The van der Waals surface area contributed by atoms with Gasteiger partial charge >= 0.3 is 12.4 Å². The number of benzene rings is 5. The van der Waals surface area contributed by atoms with E-state index in [-0.39, 0.29) is 35.1 Å². The Bertz CT molecular complexity index is 2410. The molecule has 0 amide bonds. The number of rotatable bonds is 15. The first-order chi connectivity index (χ1) is 33.9. The standard InChI is InChI=1S/C32H34F6N6S2.C10H14N4S2.C7H8ClN.2ClH/c33-31(34,35)27-9-3-5-23(15-27)11-13-43-19-39-29(40-20-43)45-17-25-7-1-2-8-26(25)18-46-30-41-21-44(22-42-30)14-12-24-6-4-10-28(16-24)32(36,37)38;11-9(12)15-5-7-3-1-2-4-8(7)6-16-10(13)14;8-7-3-1-6(5-9)2-4-7;;/h1-10,15-16H,11-14,17-22H2,(H,39,40)(H,41,42);1-4H,5-6H2,(H3,11,12)(H3,13,14);1-4H,5,9H2;2*1H. The van der Waals surface area contributed by atoms with Crippen LogP contribution in [0.4, 0.5) is 26.3 Å². The zero-order valence-electron chi connectivity index (χ0n) is 39.4. The molecule has 5 aromatic rings. The van der Waals surface area contributed by atoms with E-state index in [9.17, 15) is 26.3 Å². The minimum absolute atomic E-state index is 0. The SMILES string of the molecule is Cl.Cl.FC(F)(F)c1cccc(CCN2CN=C(SCc3ccccc3CSC3=NCN(CCc4cccc(C(F)(F)F)c4)CN3)NC2)c1.N=C(N)SCc1ccccc1CSC(=N)N.NCc1ccc(Cl)cc1. The number of nitrogens with two attached hydrogens (primary N) is 3. The topological polar surface area (TPSA) is 181 Å². The summed E-state index contributed by atoms with van der Waals surface area (Å²) in [6.45, 7) is 3.89. The quantitative estimate of drug-likeness (QED) is 0.0301. The van der Waals surface area contributed by atoms with Crippen molar-refractivity contribution < 1.29 is 26.3 Å². The molecule has 7 rings (SSSR count). The van der Waals surface area contributed by atoms with Crippen LogP contribution in [0.1, 0.15) is 50.1 Å². The fourth-order valence-electron chi connectivity index (χ4n) is 6.67. The van der Waals surface area contributed by atoms with Crippen molar-refractivity contribution in [2.45, 2.75) is 54.8 Å². The molecule has 0 aliphatic carbocycles. The third kappa shape index (κ3) is 23.4. The van der Waals surface area contributed by atoms with Crippen molar-refractivity contribution in [1.82, 2.24) is 20.4 Å². The molecule has 0 spiro atoms. The van der Waals surface area contributed by atoms with Gasteiger partial charge in [0.1, 0.15) is 0 Å². The summed E-state index contributed by atoms with van der Waals surface area (Å²) < 4.78 is 78.0. The maximum Gasteiger partial charge on any atom is 0.416 e. The summed E-state index contributed by atoms with van der Waals surface area (Å²) in [6.07, 6.45) is -7.68. The molecule has 0 saturated carbocycles. The molecule has 5 aromatic carbocycles. The van der Waals surface area contributed by atoms with Crippen LogP contribution in [0, 0.1) is 10.8 Å². The van der Waals surface area contributed by atoms with Crippen LogP contribution in [0.25, 0.3) is 0 Å². The van der Waals surface area contributed by atoms with Crippen LogP contribution >= 0.6 is 83.5 Å². The van der Waals surface area contributed by atoms with Crippen molar-refractivity contribution in [1.29, 1.82) is 10.8 Å². The maximum atomic E-state index is 13.0. The van der Waals surface area contributed by atoms with E-state index >= 15 is 0 Å². The number of aliphatic imine (C=N–C) groups is 2. The maximum absolute atomic E-state index is 13.0. The van der Waals surface area contributed by atoms with E-state index in [1.165, 1.54) is 58.9 Å². The van der Waals surface area contributed by atoms with Crippen LogP contribution in [0.2, 0.25) is 5.02 Å². The van der Waals surface area contributed by atoms with E-state index in [1.807, 2.05) is 60.7 Å². The zero-order valence-corrected chi connectivity index (χ0v) is 45.0. The van der Waals surface area contributed by atoms with E-state index in [1.54, 1.807) is 35.7 Å². The Kier molecular flexibility index (Phi) is 27.8. The first kappa shape index (κ1) is 63.0. The van der Waals surface area contributed by atoms with Crippen molar-refractivity contribution in [3.8, 4) is 0 Å². The lowest BCUT2D eigenvalue weighted by molar-refractivity contribution is -0.138. The highest BCUT2D eigenvalue weighted by molar-refractivity contribution is 8.14. The fourth-order valence-corrected chi connectivity index (χ4v) is 9.76. The summed E-state index contributed by atoms with van der Waals surface area (Å²) in [6, 6.07) is 34.6. The monoisotopic (exact) mass is 1150 g/mol. The van der Waals surface area contributed by atoms with Crippen molar-refractivity contribution >= 4 is 104 Å². The Morgan fingerprint density at radius 2 is 0.945 bits per heavy atom.